The summed E-state index contributed by atoms with van der Waals surface area (Å²) >= 11 is 1.76. The molecule has 19 heavy (non-hydrogen) atoms. The molecule has 0 aliphatic rings. The van der Waals surface area contributed by atoms with Crippen molar-refractivity contribution in [2.75, 3.05) is 6.54 Å². The van der Waals surface area contributed by atoms with E-state index in [1.54, 1.807) is 17.7 Å². The van der Waals surface area contributed by atoms with Gasteiger partial charge >= 0.3 is 0 Å². The second kappa shape index (κ2) is 5.50. The van der Waals surface area contributed by atoms with E-state index in [0.29, 0.717) is 0 Å². The van der Waals surface area contributed by atoms with Crippen molar-refractivity contribution >= 4 is 21.6 Å². The van der Waals surface area contributed by atoms with Gasteiger partial charge in [-0.2, -0.15) is 0 Å². The van der Waals surface area contributed by atoms with Crippen LogP contribution in [-0.4, -0.2) is 21.5 Å². The Morgan fingerprint density at radius 1 is 1.37 bits per heavy atom. The molecule has 0 saturated carbocycles. The van der Waals surface area contributed by atoms with Crippen LogP contribution in [0, 0.1) is 0 Å². The first-order valence-electron chi connectivity index (χ1n) is 6.39. The molecule has 0 radical (unpaired) electrons. The van der Waals surface area contributed by atoms with Crippen molar-refractivity contribution in [2.45, 2.75) is 19.4 Å². The van der Waals surface area contributed by atoms with Gasteiger partial charge in [0.2, 0.25) is 0 Å². The second-order valence-corrected chi connectivity index (χ2v) is 5.58. The largest absolute Gasteiger partial charge is 0.348 e. The maximum Gasteiger partial charge on any atom is 0.111 e. The number of hydrogen-bond donors (Lipinski definition) is 2. The third kappa shape index (κ3) is 2.83. The van der Waals surface area contributed by atoms with Gasteiger partial charge in [0.25, 0.3) is 0 Å². The van der Waals surface area contributed by atoms with Crippen LogP contribution in [0.5, 0.6) is 0 Å². The number of rotatable bonds is 5. The van der Waals surface area contributed by atoms with Gasteiger partial charge in [-0.1, -0.05) is 12.1 Å². The van der Waals surface area contributed by atoms with Gasteiger partial charge in [0.05, 0.1) is 22.6 Å². The minimum absolute atomic E-state index is 0.278. The first-order chi connectivity index (χ1) is 9.33. The molecule has 4 nitrogen and oxygen atoms in total. The number of benzene rings is 1. The molecule has 3 rings (SSSR count). The fourth-order valence-corrected chi connectivity index (χ4v) is 3.00. The lowest BCUT2D eigenvalue weighted by Crippen LogP contribution is -2.21. The number of imidazole rings is 1. The average Bonchev–Trinajstić information content (AvgIpc) is 3.07. The molecule has 0 aliphatic heterocycles. The Hall–Kier alpha value is -1.72. The molecule has 1 aromatic carbocycles. The monoisotopic (exact) mass is 272 g/mol. The van der Waals surface area contributed by atoms with E-state index in [9.17, 15) is 0 Å². The molecule has 2 N–H and O–H groups in total. The Morgan fingerprint density at radius 3 is 3.05 bits per heavy atom. The van der Waals surface area contributed by atoms with Gasteiger partial charge in [-0.15, -0.1) is 11.3 Å². The molecule has 0 amide bonds. The number of H-pyrrole nitrogens is 1. The normalized spacial score (nSPS) is 12.9. The number of nitrogens with one attached hydrogen (secondary N) is 2. The zero-order valence-corrected chi connectivity index (χ0v) is 11.6. The van der Waals surface area contributed by atoms with Crippen LogP contribution >= 0.6 is 11.3 Å². The molecule has 2 aromatic heterocycles. The van der Waals surface area contributed by atoms with Crippen molar-refractivity contribution in [1.82, 2.24) is 20.3 Å². The summed E-state index contributed by atoms with van der Waals surface area (Å²) in [6.07, 6.45) is 4.53. The molecule has 0 aliphatic carbocycles. The van der Waals surface area contributed by atoms with E-state index in [2.05, 4.69) is 45.4 Å². The van der Waals surface area contributed by atoms with E-state index < -0.39 is 0 Å². The molecule has 0 saturated heterocycles. The van der Waals surface area contributed by atoms with Crippen LogP contribution in [0.15, 0.2) is 36.8 Å². The summed E-state index contributed by atoms with van der Waals surface area (Å²) in [6, 6.07) is 8.55. The SMILES string of the molecule is CC(NCCc1cnc[nH]1)c1nc2ccccc2s1. The van der Waals surface area contributed by atoms with Crippen molar-refractivity contribution in [3.8, 4) is 0 Å². The maximum atomic E-state index is 4.66. The van der Waals surface area contributed by atoms with E-state index in [4.69, 9.17) is 0 Å². The van der Waals surface area contributed by atoms with Gasteiger partial charge in [0.15, 0.2) is 0 Å². The van der Waals surface area contributed by atoms with Crippen LogP contribution < -0.4 is 5.32 Å². The minimum atomic E-state index is 0.278. The predicted molar refractivity (Wildman–Crippen MR) is 78.3 cm³/mol. The molecule has 0 fully saturated rings. The van der Waals surface area contributed by atoms with E-state index in [0.717, 1.165) is 29.2 Å². The van der Waals surface area contributed by atoms with Gasteiger partial charge in [-0.05, 0) is 19.1 Å². The van der Waals surface area contributed by atoms with E-state index in [1.807, 2.05) is 12.3 Å². The number of para-hydroxylation sites is 1. The van der Waals surface area contributed by atoms with Crippen LogP contribution in [0.2, 0.25) is 0 Å². The van der Waals surface area contributed by atoms with Gasteiger partial charge in [-0.25, -0.2) is 9.97 Å². The standard InChI is InChI=1S/C14H16N4S/c1-10(16-7-6-11-8-15-9-17-11)14-18-12-4-2-3-5-13(12)19-14/h2-5,8-10,16H,6-7H2,1H3,(H,15,17). The predicted octanol–water partition coefficient (Wildman–Crippen LogP) is 2.91. The number of hydrogen-bond acceptors (Lipinski definition) is 4. The first-order valence-corrected chi connectivity index (χ1v) is 7.20. The number of aromatic nitrogens is 3. The Balaban J connectivity index is 1.61. The molecular weight excluding hydrogens is 256 g/mol. The van der Waals surface area contributed by atoms with Crippen molar-refractivity contribution in [3.05, 3.63) is 47.5 Å². The number of aromatic amines is 1. The van der Waals surface area contributed by atoms with E-state index in [-0.39, 0.29) is 6.04 Å². The maximum absolute atomic E-state index is 4.66. The lowest BCUT2D eigenvalue weighted by atomic mass is 10.3. The summed E-state index contributed by atoms with van der Waals surface area (Å²) in [5, 5.41) is 4.64. The summed E-state index contributed by atoms with van der Waals surface area (Å²) in [4.78, 5) is 11.8. The summed E-state index contributed by atoms with van der Waals surface area (Å²) in [5.41, 5.74) is 2.24. The lowest BCUT2D eigenvalue weighted by Gasteiger charge is -2.09. The molecule has 0 bridgehead atoms. The summed E-state index contributed by atoms with van der Waals surface area (Å²) < 4.78 is 1.25. The van der Waals surface area contributed by atoms with Crippen LogP contribution in [0.1, 0.15) is 23.7 Å². The van der Waals surface area contributed by atoms with Gasteiger partial charge in [-0.3, -0.25) is 0 Å². The van der Waals surface area contributed by atoms with Crippen molar-refractivity contribution < 1.29 is 0 Å². The smallest absolute Gasteiger partial charge is 0.111 e. The molecule has 3 aromatic rings. The Bertz CT molecular complexity index is 611. The highest BCUT2D eigenvalue weighted by Gasteiger charge is 2.10. The number of nitrogens with zero attached hydrogens (tertiary/aromatic N) is 2. The van der Waals surface area contributed by atoms with E-state index in [1.165, 1.54) is 4.70 Å². The van der Waals surface area contributed by atoms with E-state index >= 15 is 0 Å². The zero-order chi connectivity index (χ0) is 13.1. The summed E-state index contributed by atoms with van der Waals surface area (Å²) in [7, 11) is 0. The summed E-state index contributed by atoms with van der Waals surface area (Å²) in [5.74, 6) is 0. The highest BCUT2D eigenvalue weighted by Crippen LogP contribution is 2.25. The second-order valence-electron chi connectivity index (χ2n) is 4.52. The van der Waals surface area contributed by atoms with Gasteiger partial charge < -0.3 is 10.3 Å². The topological polar surface area (TPSA) is 53.6 Å². The Labute approximate surface area is 115 Å². The van der Waals surface area contributed by atoms with Gasteiger partial charge in [0.1, 0.15) is 5.01 Å². The highest BCUT2D eigenvalue weighted by molar-refractivity contribution is 7.18. The van der Waals surface area contributed by atoms with Crippen molar-refractivity contribution in [2.24, 2.45) is 0 Å². The molecule has 1 unspecified atom stereocenters. The molecule has 2 heterocycles. The number of fused-ring (bicyclic) bond motifs is 1. The molecule has 1 atom stereocenters. The fourth-order valence-electron chi connectivity index (χ4n) is 2.01. The molecule has 5 heteroatoms. The average molecular weight is 272 g/mol. The van der Waals surface area contributed by atoms with Crippen molar-refractivity contribution in [1.29, 1.82) is 0 Å². The summed E-state index contributed by atoms with van der Waals surface area (Å²) in [6.45, 7) is 3.07. The Morgan fingerprint density at radius 2 is 2.26 bits per heavy atom. The van der Waals surface area contributed by atoms with Crippen molar-refractivity contribution in [3.63, 3.8) is 0 Å². The zero-order valence-electron chi connectivity index (χ0n) is 10.8. The molecular formula is C14H16N4S. The number of thiazole rings is 1. The quantitative estimate of drug-likeness (QED) is 0.751. The highest BCUT2D eigenvalue weighted by atomic mass is 32.1. The van der Waals surface area contributed by atoms with Crippen LogP contribution in [0.25, 0.3) is 10.2 Å². The van der Waals surface area contributed by atoms with Gasteiger partial charge in [0, 0.05) is 24.9 Å². The van der Waals surface area contributed by atoms with Crippen LogP contribution in [0.3, 0.4) is 0 Å². The Kier molecular flexibility index (Phi) is 3.57. The third-order valence-corrected chi connectivity index (χ3v) is 4.30. The lowest BCUT2D eigenvalue weighted by molar-refractivity contribution is 0.572. The van der Waals surface area contributed by atoms with Crippen LogP contribution in [-0.2, 0) is 6.42 Å². The first kappa shape index (κ1) is 12.3. The molecule has 0 spiro atoms. The molecule has 98 valence electrons. The third-order valence-electron chi connectivity index (χ3n) is 3.08. The van der Waals surface area contributed by atoms with Crippen LogP contribution in [0.4, 0.5) is 0 Å². The fraction of sp³-hybridized carbons (Fsp3) is 0.286. The minimum Gasteiger partial charge on any atom is -0.348 e.